The number of carboxylic acid groups (broad SMARTS) is 1. The highest BCUT2D eigenvalue weighted by Crippen LogP contribution is 2.35. The van der Waals surface area contributed by atoms with Crippen LogP contribution in [0.25, 0.3) is 0 Å². The van der Waals surface area contributed by atoms with E-state index in [-0.39, 0.29) is 5.37 Å². The molecule has 138 valence electrons. The fourth-order valence-electron chi connectivity index (χ4n) is 2.74. The molecule has 3 rings (SSSR count). The minimum absolute atomic E-state index is 0.00900. The molecule has 1 fully saturated rings. The second kappa shape index (κ2) is 8.66. The fraction of sp³-hybridized carbons (Fsp3) is 0.316. The largest absolute Gasteiger partial charge is 0.544 e. The van der Waals surface area contributed by atoms with E-state index in [0.717, 1.165) is 11.1 Å². The summed E-state index contributed by atoms with van der Waals surface area (Å²) in [4.78, 5) is 11.0. The average Bonchev–Trinajstić information content (AvgIpc) is 3.12. The van der Waals surface area contributed by atoms with Crippen LogP contribution in [0.4, 0.5) is 0 Å². The highest BCUT2D eigenvalue weighted by atomic mass is 35.5. The number of hydrogen-bond donors (Lipinski definition) is 1. The maximum Gasteiger partial charge on any atom is 0.161 e. The van der Waals surface area contributed by atoms with Crippen molar-refractivity contribution in [1.82, 2.24) is 0 Å². The topological polar surface area (TPSA) is 75.2 Å². The Morgan fingerprint density at radius 3 is 2.77 bits per heavy atom. The number of ether oxygens (including phenoxy) is 2. The molecular weight excluding hydrogens is 374 g/mol. The summed E-state index contributed by atoms with van der Waals surface area (Å²) in [5, 5.41) is 13.5. The van der Waals surface area contributed by atoms with E-state index in [0.29, 0.717) is 35.5 Å². The van der Waals surface area contributed by atoms with E-state index in [1.807, 2.05) is 54.7 Å². The number of aliphatic carboxylic acids is 1. The van der Waals surface area contributed by atoms with Crippen LogP contribution in [0.5, 0.6) is 11.5 Å². The molecule has 2 N–H and O–H groups in total. The SMILES string of the molecule is CCOc1cc([C@H]2[NH2+][C@@H](C(=O)[O-])CS2)ccc1OCc1ccccc1Cl. The predicted octanol–water partition coefficient (Wildman–Crippen LogP) is 1.75. The molecule has 0 saturated carbocycles. The zero-order valence-corrected chi connectivity index (χ0v) is 15.9. The molecule has 7 heteroatoms. The minimum Gasteiger partial charge on any atom is -0.544 e. The summed E-state index contributed by atoms with van der Waals surface area (Å²) in [6, 6.07) is 12.7. The lowest BCUT2D eigenvalue weighted by Crippen LogP contribution is -2.90. The van der Waals surface area contributed by atoms with Gasteiger partial charge in [-0.3, -0.25) is 0 Å². The van der Waals surface area contributed by atoms with Crippen molar-refractivity contribution in [2.45, 2.75) is 24.9 Å². The monoisotopic (exact) mass is 393 g/mol. The molecule has 26 heavy (non-hydrogen) atoms. The van der Waals surface area contributed by atoms with E-state index in [1.165, 1.54) is 0 Å². The molecule has 5 nitrogen and oxygen atoms in total. The van der Waals surface area contributed by atoms with Crippen molar-refractivity contribution in [3.63, 3.8) is 0 Å². The number of carbonyl (C=O) groups is 1. The third-order valence-electron chi connectivity index (χ3n) is 4.10. The summed E-state index contributed by atoms with van der Waals surface area (Å²) in [7, 11) is 0. The summed E-state index contributed by atoms with van der Waals surface area (Å²) in [6.45, 7) is 2.76. The molecule has 2 aromatic rings. The number of hydrogen-bond acceptors (Lipinski definition) is 5. The number of rotatable bonds is 7. The minimum atomic E-state index is -1.02. The normalized spacial score (nSPS) is 19.3. The Morgan fingerprint density at radius 2 is 2.08 bits per heavy atom. The van der Waals surface area contributed by atoms with Crippen LogP contribution in [0.1, 0.15) is 23.4 Å². The van der Waals surface area contributed by atoms with Crippen molar-refractivity contribution in [1.29, 1.82) is 0 Å². The molecule has 1 aliphatic heterocycles. The van der Waals surface area contributed by atoms with Crippen molar-refractivity contribution in [2.24, 2.45) is 0 Å². The van der Waals surface area contributed by atoms with E-state index < -0.39 is 12.0 Å². The van der Waals surface area contributed by atoms with Crippen LogP contribution in [0.15, 0.2) is 42.5 Å². The lowest BCUT2D eigenvalue weighted by molar-refractivity contribution is -0.690. The van der Waals surface area contributed by atoms with Crippen molar-refractivity contribution in [3.05, 3.63) is 58.6 Å². The van der Waals surface area contributed by atoms with Gasteiger partial charge >= 0.3 is 0 Å². The van der Waals surface area contributed by atoms with Gasteiger partial charge in [0.1, 0.15) is 18.6 Å². The van der Waals surface area contributed by atoms with Gasteiger partial charge < -0.3 is 24.7 Å². The fourth-order valence-corrected chi connectivity index (χ4v) is 4.24. The van der Waals surface area contributed by atoms with Crippen molar-refractivity contribution in [2.75, 3.05) is 12.4 Å². The Kier molecular flexibility index (Phi) is 6.29. The average molecular weight is 394 g/mol. The van der Waals surface area contributed by atoms with Gasteiger partial charge in [0.05, 0.1) is 12.4 Å². The highest BCUT2D eigenvalue weighted by Gasteiger charge is 2.31. The molecule has 0 unspecified atom stereocenters. The summed E-state index contributed by atoms with van der Waals surface area (Å²) < 4.78 is 11.6. The van der Waals surface area contributed by atoms with Crippen LogP contribution >= 0.6 is 23.4 Å². The number of carboxylic acids is 1. The van der Waals surface area contributed by atoms with E-state index in [1.54, 1.807) is 11.8 Å². The Bertz CT molecular complexity index is 786. The van der Waals surface area contributed by atoms with Gasteiger partial charge in [0.25, 0.3) is 0 Å². The standard InChI is InChI=1S/C19H20ClNO4S/c1-2-24-17-9-12(18-21-15(11-26-18)19(22)23)7-8-16(17)25-10-13-5-3-4-6-14(13)20/h3-9,15,18,21H,2,10-11H2,1H3,(H,22,23)/t15-,18+/m1/s1. The first-order chi connectivity index (χ1) is 12.6. The van der Waals surface area contributed by atoms with E-state index >= 15 is 0 Å². The van der Waals surface area contributed by atoms with Crippen LogP contribution in [0.3, 0.4) is 0 Å². The first kappa shape index (κ1) is 18.9. The number of carbonyl (C=O) groups excluding carboxylic acids is 1. The van der Waals surface area contributed by atoms with Gasteiger partial charge in [-0.1, -0.05) is 41.6 Å². The molecule has 1 saturated heterocycles. The van der Waals surface area contributed by atoms with Crippen LogP contribution in [0, 0.1) is 0 Å². The number of nitrogens with two attached hydrogens (primary N) is 1. The van der Waals surface area contributed by atoms with Gasteiger partial charge in [-0.25, -0.2) is 0 Å². The van der Waals surface area contributed by atoms with E-state index in [4.69, 9.17) is 21.1 Å². The molecule has 0 bridgehead atoms. The third kappa shape index (κ3) is 4.44. The molecule has 0 spiro atoms. The first-order valence-corrected chi connectivity index (χ1v) is 9.81. The zero-order chi connectivity index (χ0) is 18.5. The highest BCUT2D eigenvalue weighted by molar-refractivity contribution is 7.99. The lowest BCUT2D eigenvalue weighted by atomic mass is 10.2. The first-order valence-electron chi connectivity index (χ1n) is 8.39. The molecule has 0 amide bonds. The van der Waals surface area contributed by atoms with Crippen LogP contribution in [-0.4, -0.2) is 24.4 Å². The Balaban J connectivity index is 1.74. The van der Waals surface area contributed by atoms with Crippen molar-refractivity contribution < 1.29 is 24.7 Å². The smallest absolute Gasteiger partial charge is 0.161 e. The number of quaternary nitrogens is 1. The summed E-state index contributed by atoms with van der Waals surface area (Å²) in [5.41, 5.74) is 1.89. The second-order valence-electron chi connectivity index (χ2n) is 5.89. The molecule has 1 aliphatic rings. The predicted molar refractivity (Wildman–Crippen MR) is 99.3 cm³/mol. The Morgan fingerprint density at radius 1 is 1.27 bits per heavy atom. The second-order valence-corrected chi connectivity index (χ2v) is 7.47. The molecule has 0 aromatic heterocycles. The summed E-state index contributed by atoms with van der Waals surface area (Å²) in [6.07, 6.45) is 0. The molecule has 0 radical (unpaired) electrons. The van der Waals surface area contributed by atoms with Crippen molar-refractivity contribution in [3.8, 4) is 11.5 Å². The lowest BCUT2D eigenvalue weighted by Gasteiger charge is -2.16. The quantitative estimate of drug-likeness (QED) is 0.775. The maximum absolute atomic E-state index is 11.0. The summed E-state index contributed by atoms with van der Waals surface area (Å²) in [5.74, 6) is 0.782. The van der Waals surface area contributed by atoms with Gasteiger partial charge in [0.2, 0.25) is 0 Å². The molecule has 2 atom stereocenters. The Labute approximate surface area is 161 Å². The van der Waals surface area contributed by atoms with E-state index in [2.05, 4.69) is 0 Å². The molecule has 1 heterocycles. The summed E-state index contributed by atoms with van der Waals surface area (Å²) >= 11 is 7.76. The molecule has 2 aromatic carbocycles. The number of halogens is 1. The van der Waals surface area contributed by atoms with Crippen molar-refractivity contribution >= 4 is 29.3 Å². The van der Waals surface area contributed by atoms with Crippen LogP contribution in [-0.2, 0) is 11.4 Å². The van der Waals surface area contributed by atoms with Gasteiger partial charge in [-0.05, 0) is 31.2 Å². The van der Waals surface area contributed by atoms with Gasteiger partial charge in [0, 0.05) is 16.1 Å². The van der Waals surface area contributed by atoms with Gasteiger partial charge in [0.15, 0.2) is 16.9 Å². The zero-order valence-electron chi connectivity index (χ0n) is 14.3. The Hall–Kier alpha value is -1.89. The van der Waals surface area contributed by atoms with Crippen LogP contribution in [0.2, 0.25) is 5.02 Å². The number of thioether (sulfide) groups is 1. The molecule has 0 aliphatic carbocycles. The van der Waals surface area contributed by atoms with Gasteiger partial charge in [-0.2, -0.15) is 0 Å². The maximum atomic E-state index is 11.0. The number of benzene rings is 2. The van der Waals surface area contributed by atoms with E-state index in [9.17, 15) is 9.90 Å². The third-order valence-corrected chi connectivity index (χ3v) is 5.81. The van der Waals surface area contributed by atoms with Gasteiger partial charge in [-0.15, -0.1) is 0 Å². The van der Waals surface area contributed by atoms with Crippen LogP contribution < -0.4 is 19.9 Å². The molecular formula is C19H20ClNO4S.